The molecule has 0 spiro atoms. The molecule has 0 aliphatic heterocycles. The molecule has 0 unspecified atom stereocenters. The zero-order chi connectivity index (χ0) is 17.7. The molecule has 0 atom stereocenters. The van der Waals surface area contributed by atoms with Crippen molar-refractivity contribution in [3.8, 4) is 6.07 Å². The smallest absolute Gasteiger partial charge is 0.243 e. The van der Waals surface area contributed by atoms with Gasteiger partial charge in [0.15, 0.2) is 0 Å². The molecule has 0 bridgehead atoms. The van der Waals surface area contributed by atoms with Crippen LogP contribution in [-0.4, -0.2) is 32.2 Å². The number of nitrogens with one attached hydrogen (secondary N) is 1. The van der Waals surface area contributed by atoms with E-state index in [2.05, 4.69) is 5.32 Å². The van der Waals surface area contributed by atoms with Gasteiger partial charge in [0.1, 0.15) is 0 Å². The number of rotatable bonds is 5. The van der Waals surface area contributed by atoms with Gasteiger partial charge in [0.2, 0.25) is 15.9 Å². The monoisotopic (exact) mass is 343 g/mol. The van der Waals surface area contributed by atoms with Crippen LogP contribution in [0.1, 0.15) is 11.1 Å². The van der Waals surface area contributed by atoms with Gasteiger partial charge < -0.3 is 5.32 Å². The molecule has 24 heavy (non-hydrogen) atoms. The van der Waals surface area contributed by atoms with Crippen LogP contribution >= 0.6 is 0 Å². The zero-order valence-corrected chi connectivity index (χ0v) is 14.2. The lowest BCUT2D eigenvalue weighted by molar-refractivity contribution is -0.116. The van der Waals surface area contributed by atoms with Gasteiger partial charge in [-0.15, -0.1) is 0 Å². The first-order valence-electron chi connectivity index (χ1n) is 7.16. The van der Waals surface area contributed by atoms with Crippen molar-refractivity contribution in [2.45, 2.75) is 11.8 Å². The second kappa shape index (κ2) is 7.25. The van der Waals surface area contributed by atoms with Gasteiger partial charge in [-0.3, -0.25) is 4.79 Å². The van der Waals surface area contributed by atoms with Gasteiger partial charge in [0, 0.05) is 12.7 Å². The SMILES string of the molecule is Cc1ccc(S(=O)(=O)N(C)CC(=O)Nc2ccc(C#N)cc2)cc1. The Labute approximate surface area is 141 Å². The van der Waals surface area contributed by atoms with E-state index < -0.39 is 15.9 Å². The molecular formula is C17H17N3O3S. The number of aryl methyl sites for hydroxylation is 1. The Morgan fingerprint density at radius 1 is 1.12 bits per heavy atom. The number of hydrogen-bond donors (Lipinski definition) is 1. The van der Waals surface area contributed by atoms with Crippen LogP contribution in [0.25, 0.3) is 0 Å². The molecule has 0 aliphatic carbocycles. The Bertz CT molecular complexity index is 867. The molecule has 7 heteroatoms. The molecule has 0 aliphatic rings. The molecule has 0 heterocycles. The standard InChI is InChI=1S/C17H17N3O3S/c1-13-3-9-16(10-4-13)24(22,23)20(2)12-17(21)19-15-7-5-14(11-18)6-8-15/h3-10H,12H2,1-2H3,(H,19,21). The van der Waals surface area contributed by atoms with Gasteiger partial charge in [-0.05, 0) is 43.3 Å². The molecule has 0 fully saturated rings. The van der Waals surface area contributed by atoms with Crippen molar-refractivity contribution in [2.24, 2.45) is 0 Å². The Morgan fingerprint density at radius 2 is 1.71 bits per heavy atom. The number of benzene rings is 2. The molecule has 2 rings (SSSR count). The predicted octanol–water partition coefficient (Wildman–Crippen LogP) is 2.13. The van der Waals surface area contributed by atoms with Crippen molar-refractivity contribution in [3.05, 3.63) is 59.7 Å². The number of nitrogens with zero attached hydrogens (tertiary/aromatic N) is 2. The molecule has 1 amide bonds. The first-order valence-corrected chi connectivity index (χ1v) is 8.60. The van der Waals surface area contributed by atoms with Gasteiger partial charge in [-0.2, -0.15) is 9.57 Å². The van der Waals surface area contributed by atoms with E-state index in [0.29, 0.717) is 11.3 Å². The fraction of sp³-hybridized carbons (Fsp3) is 0.176. The van der Waals surface area contributed by atoms with E-state index in [1.54, 1.807) is 36.4 Å². The first-order chi connectivity index (χ1) is 11.3. The highest BCUT2D eigenvalue weighted by atomic mass is 32.2. The maximum atomic E-state index is 12.4. The second-order valence-electron chi connectivity index (χ2n) is 5.31. The van der Waals surface area contributed by atoms with E-state index in [1.807, 2.05) is 13.0 Å². The van der Waals surface area contributed by atoms with E-state index >= 15 is 0 Å². The fourth-order valence-electron chi connectivity index (χ4n) is 2.01. The number of carbonyl (C=O) groups is 1. The molecule has 0 radical (unpaired) electrons. The fourth-order valence-corrected chi connectivity index (χ4v) is 3.13. The lowest BCUT2D eigenvalue weighted by Gasteiger charge is -2.17. The Hall–Kier alpha value is -2.69. The lowest BCUT2D eigenvalue weighted by atomic mass is 10.2. The second-order valence-corrected chi connectivity index (χ2v) is 7.36. The van der Waals surface area contributed by atoms with E-state index in [9.17, 15) is 13.2 Å². The van der Waals surface area contributed by atoms with E-state index in [-0.39, 0.29) is 11.4 Å². The molecule has 0 saturated heterocycles. The minimum Gasteiger partial charge on any atom is -0.325 e. The van der Waals surface area contributed by atoms with E-state index in [4.69, 9.17) is 5.26 Å². The number of nitriles is 1. The summed E-state index contributed by atoms with van der Waals surface area (Å²) < 4.78 is 25.8. The maximum Gasteiger partial charge on any atom is 0.243 e. The topological polar surface area (TPSA) is 90.3 Å². The summed E-state index contributed by atoms with van der Waals surface area (Å²) in [6.07, 6.45) is 0. The summed E-state index contributed by atoms with van der Waals surface area (Å²) in [6.45, 7) is 1.56. The average Bonchev–Trinajstić information content (AvgIpc) is 2.55. The third-order valence-corrected chi connectivity index (χ3v) is 5.21. The predicted molar refractivity (Wildman–Crippen MR) is 90.8 cm³/mol. The summed E-state index contributed by atoms with van der Waals surface area (Å²) in [4.78, 5) is 12.2. The minimum absolute atomic E-state index is 0.141. The highest BCUT2D eigenvalue weighted by Crippen LogP contribution is 2.15. The quantitative estimate of drug-likeness (QED) is 0.900. The van der Waals surface area contributed by atoms with Crippen LogP contribution in [0, 0.1) is 18.3 Å². The summed E-state index contributed by atoms with van der Waals surface area (Å²) in [6, 6.07) is 14.7. The summed E-state index contributed by atoms with van der Waals surface area (Å²) in [7, 11) is -2.37. The minimum atomic E-state index is -3.72. The summed E-state index contributed by atoms with van der Waals surface area (Å²) >= 11 is 0. The van der Waals surface area contributed by atoms with Crippen LogP contribution in [0.5, 0.6) is 0 Å². The molecule has 0 saturated carbocycles. The summed E-state index contributed by atoms with van der Waals surface area (Å²) in [5.74, 6) is -0.460. The summed E-state index contributed by atoms with van der Waals surface area (Å²) in [5.41, 5.74) is 1.93. The Kier molecular flexibility index (Phi) is 5.34. The molecular weight excluding hydrogens is 326 g/mol. The number of likely N-dealkylation sites (N-methyl/N-ethyl adjacent to an activating group) is 1. The van der Waals surface area contributed by atoms with Crippen molar-refractivity contribution < 1.29 is 13.2 Å². The molecule has 2 aromatic carbocycles. The average molecular weight is 343 g/mol. The lowest BCUT2D eigenvalue weighted by Crippen LogP contribution is -2.34. The van der Waals surface area contributed by atoms with Gasteiger partial charge >= 0.3 is 0 Å². The van der Waals surface area contributed by atoms with Crippen molar-refractivity contribution in [2.75, 3.05) is 18.9 Å². The number of carbonyl (C=O) groups excluding carboxylic acids is 1. The number of anilines is 1. The van der Waals surface area contributed by atoms with Crippen molar-refractivity contribution in [3.63, 3.8) is 0 Å². The Balaban J connectivity index is 2.04. The van der Waals surface area contributed by atoms with Crippen LogP contribution in [-0.2, 0) is 14.8 Å². The van der Waals surface area contributed by atoms with Crippen LogP contribution in [0.15, 0.2) is 53.4 Å². The number of sulfonamides is 1. The molecule has 0 aromatic heterocycles. The molecule has 2 aromatic rings. The van der Waals surface area contributed by atoms with Crippen LogP contribution in [0.3, 0.4) is 0 Å². The third-order valence-electron chi connectivity index (χ3n) is 3.39. The van der Waals surface area contributed by atoms with E-state index in [1.165, 1.54) is 19.2 Å². The molecule has 1 N–H and O–H groups in total. The molecule has 6 nitrogen and oxygen atoms in total. The normalized spacial score (nSPS) is 11.1. The first kappa shape index (κ1) is 17.7. The Morgan fingerprint density at radius 3 is 2.25 bits per heavy atom. The van der Waals surface area contributed by atoms with Crippen LogP contribution < -0.4 is 5.32 Å². The zero-order valence-electron chi connectivity index (χ0n) is 13.4. The van der Waals surface area contributed by atoms with Gasteiger partial charge in [-0.1, -0.05) is 17.7 Å². The van der Waals surface area contributed by atoms with Gasteiger partial charge in [0.25, 0.3) is 0 Å². The van der Waals surface area contributed by atoms with Crippen molar-refractivity contribution >= 4 is 21.6 Å². The largest absolute Gasteiger partial charge is 0.325 e. The third kappa shape index (κ3) is 4.19. The number of amides is 1. The highest BCUT2D eigenvalue weighted by Gasteiger charge is 2.22. The van der Waals surface area contributed by atoms with Crippen LogP contribution in [0.4, 0.5) is 5.69 Å². The highest BCUT2D eigenvalue weighted by molar-refractivity contribution is 7.89. The number of hydrogen-bond acceptors (Lipinski definition) is 4. The van der Waals surface area contributed by atoms with E-state index in [0.717, 1.165) is 9.87 Å². The maximum absolute atomic E-state index is 12.4. The summed E-state index contributed by atoms with van der Waals surface area (Å²) in [5, 5.41) is 11.3. The molecule has 124 valence electrons. The van der Waals surface area contributed by atoms with Crippen LogP contribution in [0.2, 0.25) is 0 Å². The van der Waals surface area contributed by atoms with Gasteiger partial charge in [0.05, 0.1) is 23.1 Å². The van der Waals surface area contributed by atoms with Crippen molar-refractivity contribution in [1.29, 1.82) is 5.26 Å². The van der Waals surface area contributed by atoms with Gasteiger partial charge in [-0.25, -0.2) is 8.42 Å². The van der Waals surface area contributed by atoms with Crippen molar-refractivity contribution in [1.82, 2.24) is 4.31 Å².